The molecule has 0 spiro atoms. The molecule has 7 nitrogen and oxygen atoms in total. The molecule has 4 rings (SSSR count). The summed E-state index contributed by atoms with van der Waals surface area (Å²) in [5, 5.41) is 11.2. The molecule has 3 aromatic carbocycles. The number of carbonyl (C=O) groups is 2. The van der Waals surface area contributed by atoms with E-state index in [1.165, 1.54) is 4.90 Å². The molecule has 0 saturated heterocycles. The minimum absolute atomic E-state index is 0.0577. The Bertz CT molecular complexity index is 1320. The standard InChI is InChI=1S/C27H26N4O3/c1-17-7-5-10-22(15-17)26-30-29-25(34-26)20-11-13-21(14-12-20)27(33)31(4)16-23(32)28-24-18(2)8-6-9-19(24)3/h5-15H,16H2,1-4H3,(H,28,32). The maximum atomic E-state index is 12.8. The number of aryl methyl sites for hydroxylation is 3. The number of anilines is 1. The van der Waals surface area contributed by atoms with E-state index in [0.29, 0.717) is 22.9 Å². The fraction of sp³-hybridized carbons (Fsp3) is 0.185. The molecular weight excluding hydrogens is 428 g/mol. The van der Waals surface area contributed by atoms with Gasteiger partial charge in [0.15, 0.2) is 0 Å². The van der Waals surface area contributed by atoms with Crippen LogP contribution in [0.1, 0.15) is 27.0 Å². The van der Waals surface area contributed by atoms with E-state index in [2.05, 4.69) is 15.5 Å². The summed E-state index contributed by atoms with van der Waals surface area (Å²) in [5.74, 6) is 0.305. The molecule has 2 amide bonds. The van der Waals surface area contributed by atoms with Crippen molar-refractivity contribution in [2.24, 2.45) is 0 Å². The van der Waals surface area contributed by atoms with Crippen LogP contribution >= 0.6 is 0 Å². The molecular formula is C27H26N4O3. The van der Waals surface area contributed by atoms with Crippen LogP contribution in [-0.4, -0.2) is 40.5 Å². The zero-order valence-corrected chi connectivity index (χ0v) is 19.6. The van der Waals surface area contributed by atoms with Gasteiger partial charge in [-0.1, -0.05) is 35.9 Å². The average molecular weight is 455 g/mol. The number of likely N-dealkylation sites (N-methyl/N-ethyl adjacent to an activating group) is 1. The van der Waals surface area contributed by atoms with E-state index in [4.69, 9.17) is 4.42 Å². The lowest BCUT2D eigenvalue weighted by Gasteiger charge is -2.18. The van der Waals surface area contributed by atoms with Crippen LogP contribution in [-0.2, 0) is 4.79 Å². The van der Waals surface area contributed by atoms with Gasteiger partial charge in [-0.15, -0.1) is 10.2 Å². The van der Waals surface area contributed by atoms with Gasteiger partial charge in [-0.05, 0) is 68.3 Å². The second kappa shape index (κ2) is 9.70. The van der Waals surface area contributed by atoms with Crippen molar-refractivity contribution in [2.75, 3.05) is 18.9 Å². The Labute approximate surface area is 198 Å². The molecule has 0 saturated carbocycles. The number of aromatic nitrogens is 2. The van der Waals surface area contributed by atoms with Crippen molar-refractivity contribution >= 4 is 17.5 Å². The minimum atomic E-state index is -0.255. The maximum absolute atomic E-state index is 12.8. The SMILES string of the molecule is Cc1cccc(-c2nnc(-c3ccc(C(=O)N(C)CC(=O)Nc4c(C)cccc4C)cc3)o2)c1. The third-order valence-electron chi connectivity index (χ3n) is 5.54. The number of nitrogens with one attached hydrogen (secondary N) is 1. The first kappa shape index (κ1) is 22.9. The van der Waals surface area contributed by atoms with Crippen LogP contribution in [0.3, 0.4) is 0 Å². The van der Waals surface area contributed by atoms with E-state index in [9.17, 15) is 9.59 Å². The highest BCUT2D eigenvalue weighted by Crippen LogP contribution is 2.25. The van der Waals surface area contributed by atoms with Gasteiger partial charge in [0.2, 0.25) is 17.7 Å². The van der Waals surface area contributed by atoms with Gasteiger partial charge in [-0.25, -0.2) is 0 Å². The molecule has 7 heteroatoms. The maximum Gasteiger partial charge on any atom is 0.254 e. The number of rotatable bonds is 6. The summed E-state index contributed by atoms with van der Waals surface area (Å²) < 4.78 is 5.82. The highest BCUT2D eigenvalue weighted by Gasteiger charge is 2.17. The monoisotopic (exact) mass is 454 g/mol. The molecule has 0 fully saturated rings. The first-order valence-electron chi connectivity index (χ1n) is 10.9. The molecule has 4 aromatic rings. The molecule has 0 bridgehead atoms. The Balaban J connectivity index is 1.41. The number of para-hydroxylation sites is 1. The predicted octanol–water partition coefficient (Wildman–Crippen LogP) is 5.04. The molecule has 172 valence electrons. The second-order valence-corrected chi connectivity index (χ2v) is 8.34. The molecule has 1 N–H and O–H groups in total. The van der Waals surface area contributed by atoms with Crippen LogP contribution in [0.5, 0.6) is 0 Å². The van der Waals surface area contributed by atoms with Gasteiger partial charge in [-0.3, -0.25) is 9.59 Å². The molecule has 34 heavy (non-hydrogen) atoms. The van der Waals surface area contributed by atoms with Gasteiger partial charge in [0, 0.05) is 29.4 Å². The smallest absolute Gasteiger partial charge is 0.254 e. The van der Waals surface area contributed by atoms with Crippen LogP contribution in [0.15, 0.2) is 71.1 Å². The Hall–Kier alpha value is -4.26. The van der Waals surface area contributed by atoms with Crippen molar-refractivity contribution in [1.29, 1.82) is 0 Å². The average Bonchev–Trinajstić information content (AvgIpc) is 3.31. The van der Waals surface area contributed by atoms with E-state index >= 15 is 0 Å². The van der Waals surface area contributed by atoms with Gasteiger partial charge in [-0.2, -0.15) is 0 Å². The Morgan fingerprint density at radius 3 is 2.12 bits per heavy atom. The summed E-state index contributed by atoms with van der Waals surface area (Å²) in [6, 6.07) is 20.5. The van der Waals surface area contributed by atoms with Gasteiger partial charge < -0.3 is 14.6 Å². The van der Waals surface area contributed by atoms with Crippen molar-refractivity contribution in [3.05, 3.63) is 89.0 Å². The molecule has 1 aromatic heterocycles. The summed E-state index contributed by atoms with van der Waals surface area (Å²) >= 11 is 0. The molecule has 0 atom stereocenters. The Kier molecular flexibility index (Phi) is 6.54. The topological polar surface area (TPSA) is 88.3 Å². The number of benzene rings is 3. The lowest BCUT2D eigenvalue weighted by Crippen LogP contribution is -2.35. The van der Waals surface area contributed by atoms with Crippen LogP contribution < -0.4 is 5.32 Å². The molecule has 0 aliphatic rings. The predicted molar refractivity (Wildman–Crippen MR) is 131 cm³/mol. The van der Waals surface area contributed by atoms with Crippen LogP contribution in [0.25, 0.3) is 22.9 Å². The lowest BCUT2D eigenvalue weighted by atomic mass is 10.1. The summed E-state index contributed by atoms with van der Waals surface area (Å²) in [6.07, 6.45) is 0. The largest absolute Gasteiger partial charge is 0.416 e. The van der Waals surface area contributed by atoms with Gasteiger partial charge in [0.1, 0.15) is 0 Å². The van der Waals surface area contributed by atoms with E-state index in [1.54, 1.807) is 31.3 Å². The van der Waals surface area contributed by atoms with Crippen LogP contribution in [0.2, 0.25) is 0 Å². The highest BCUT2D eigenvalue weighted by molar-refractivity contribution is 6.00. The Morgan fingerprint density at radius 2 is 1.47 bits per heavy atom. The number of carbonyl (C=O) groups excluding carboxylic acids is 2. The highest BCUT2D eigenvalue weighted by atomic mass is 16.4. The molecule has 0 aliphatic carbocycles. The van der Waals surface area contributed by atoms with Crippen LogP contribution in [0.4, 0.5) is 5.69 Å². The van der Waals surface area contributed by atoms with Crippen molar-refractivity contribution < 1.29 is 14.0 Å². The van der Waals surface area contributed by atoms with E-state index in [-0.39, 0.29) is 18.4 Å². The third-order valence-corrected chi connectivity index (χ3v) is 5.54. The van der Waals surface area contributed by atoms with Crippen molar-refractivity contribution in [1.82, 2.24) is 15.1 Å². The zero-order chi connectivity index (χ0) is 24.2. The summed E-state index contributed by atoms with van der Waals surface area (Å²) in [7, 11) is 1.60. The fourth-order valence-electron chi connectivity index (χ4n) is 3.69. The van der Waals surface area contributed by atoms with Gasteiger partial charge in [0.25, 0.3) is 5.91 Å². The van der Waals surface area contributed by atoms with E-state index in [1.807, 2.05) is 63.2 Å². The minimum Gasteiger partial charge on any atom is -0.416 e. The molecule has 0 aliphatic heterocycles. The Morgan fingerprint density at radius 1 is 0.853 bits per heavy atom. The zero-order valence-electron chi connectivity index (χ0n) is 19.6. The number of nitrogens with zero attached hydrogens (tertiary/aromatic N) is 3. The fourth-order valence-corrected chi connectivity index (χ4v) is 3.69. The quantitative estimate of drug-likeness (QED) is 0.441. The van der Waals surface area contributed by atoms with Gasteiger partial charge >= 0.3 is 0 Å². The van der Waals surface area contributed by atoms with Crippen LogP contribution in [0, 0.1) is 20.8 Å². The first-order chi connectivity index (χ1) is 16.3. The molecule has 0 radical (unpaired) electrons. The lowest BCUT2D eigenvalue weighted by molar-refractivity contribution is -0.116. The van der Waals surface area contributed by atoms with E-state index < -0.39 is 0 Å². The summed E-state index contributed by atoms with van der Waals surface area (Å²) in [6.45, 7) is 5.82. The first-order valence-corrected chi connectivity index (χ1v) is 10.9. The van der Waals surface area contributed by atoms with Crippen molar-refractivity contribution in [3.63, 3.8) is 0 Å². The number of hydrogen-bond donors (Lipinski definition) is 1. The summed E-state index contributed by atoms with van der Waals surface area (Å²) in [4.78, 5) is 26.7. The molecule has 1 heterocycles. The summed E-state index contributed by atoms with van der Waals surface area (Å²) in [5.41, 5.74) is 5.86. The van der Waals surface area contributed by atoms with Crippen molar-refractivity contribution in [2.45, 2.75) is 20.8 Å². The normalized spacial score (nSPS) is 10.7. The number of amides is 2. The molecule has 0 unspecified atom stereocenters. The van der Waals surface area contributed by atoms with E-state index in [0.717, 1.165) is 27.9 Å². The third kappa shape index (κ3) is 5.04. The number of hydrogen-bond acceptors (Lipinski definition) is 5. The van der Waals surface area contributed by atoms with Gasteiger partial charge in [0.05, 0.1) is 6.54 Å². The van der Waals surface area contributed by atoms with Crippen molar-refractivity contribution in [3.8, 4) is 22.9 Å². The second-order valence-electron chi connectivity index (χ2n) is 8.34.